The van der Waals surface area contributed by atoms with Gasteiger partial charge in [0.05, 0.1) is 11.5 Å². The van der Waals surface area contributed by atoms with Gasteiger partial charge in [-0.2, -0.15) is 0 Å². The minimum absolute atomic E-state index is 0.215. The summed E-state index contributed by atoms with van der Waals surface area (Å²) in [6, 6.07) is 4.80. The fourth-order valence-electron chi connectivity index (χ4n) is 2.21. The number of rotatable bonds is 5. The zero-order valence-corrected chi connectivity index (χ0v) is 12.8. The van der Waals surface area contributed by atoms with Crippen LogP contribution in [0.25, 0.3) is 0 Å². The smallest absolute Gasteiger partial charge is 0.175 e. The van der Waals surface area contributed by atoms with Crippen molar-refractivity contribution in [3.8, 4) is 0 Å². The normalized spacial score (nSPS) is 23.1. The van der Waals surface area contributed by atoms with E-state index in [1.165, 1.54) is 6.07 Å². The Balaban J connectivity index is 2.09. The summed E-state index contributed by atoms with van der Waals surface area (Å²) in [6.07, 6.45) is 1.72. The first kappa shape index (κ1) is 15.7. The van der Waals surface area contributed by atoms with Crippen LogP contribution in [0.4, 0.5) is 0 Å². The predicted octanol–water partition coefficient (Wildman–Crippen LogP) is 0.985. The van der Waals surface area contributed by atoms with Crippen LogP contribution >= 0.6 is 11.6 Å². The van der Waals surface area contributed by atoms with Crippen molar-refractivity contribution in [1.82, 2.24) is 5.32 Å². The molecule has 1 fully saturated rings. The van der Waals surface area contributed by atoms with Crippen LogP contribution in [0.3, 0.4) is 0 Å². The topological polar surface area (TPSA) is 75.6 Å². The van der Waals surface area contributed by atoms with Crippen molar-refractivity contribution in [2.45, 2.75) is 23.5 Å². The van der Waals surface area contributed by atoms with E-state index in [0.29, 0.717) is 36.8 Å². The molecule has 1 aromatic rings. The van der Waals surface area contributed by atoms with Gasteiger partial charge in [0.15, 0.2) is 9.84 Å². The molecule has 1 aliphatic rings. The van der Waals surface area contributed by atoms with E-state index in [4.69, 9.17) is 16.3 Å². The molecule has 1 aliphatic heterocycles. The van der Waals surface area contributed by atoms with Crippen molar-refractivity contribution in [1.29, 1.82) is 0 Å². The molecule has 1 atom stereocenters. The molecule has 5 nitrogen and oxygen atoms in total. The van der Waals surface area contributed by atoms with Gasteiger partial charge in [0.1, 0.15) is 5.60 Å². The van der Waals surface area contributed by atoms with Crippen molar-refractivity contribution in [3.05, 3.63) is 28.8 Å². The molecule has 20 heavy (non-hydrogen) atoms. The number of halogens is 1. The van der Waals surface area contributed by atoms with Gasteiger partial charge in [-0.15, -0.1) is 0 Å². The molecule has 1 saturated heterocycles. The maximum atomic E-state index is 11.7. The first-order valence-corrected chi connectivity index (χ1v) is 8.57. The average molecular weight is 320 g/mol. The van der Waals surface area contributed by atoms with Gasteiger partial charge in [0.25, 0.3) is 0 Å². The van der Waals surface area contributed by atoms with E-state index in [1.54, 1.807) is 12.1 Å². The molecular formula is C13H18ClNO4S. The summed E-state index contributed by atoms with van der Waals surface area (Å²) in [5.41, 5.74) is -0.355. The highest BCUT2D eigenvalue weighted by Gasteiger charge is 2.31. The van der Waals surface area contributed by atoms with Gasteiger partial charge in [0, 0.05) is 43.0 Å². The summed E-state index contributed by atoms with van der Waals surface area (Å²) in [5.74, 6) is 0. The van der Waals surface area contributed by atoms with Crippen LogP contribution < -0.4 is 5.32 Å². The maximum absolute atomic E-state index is 11.7. The van der Waals surface area contributed by atoms with Gasteiger partial charge < -0.3 is 15.2 Å². The van der Waals surface area contributed by atoms with E-state index in [1.807, 2.05) is 0 Å². The van der Waals surface area contributed by atoms with E-state index in [2.05, 4.69) is 5.32 Å². The minimum Gasteiger partial charge on any atom is -0.386 e. The number of hydrogen-bond donors (Lipinski definition) is 2. The Kier molecular flexibility index (Phi) is 4.71. The Labute approximate surface area is 123 Å². The van der Waals surface area contributed by atoms with Crippen LogP contribution in [0.5, 0.6) is 0 Å². The van der Waals surface area contributed by atoms with Crippen LogP contribution in [0, 0.1) is 0 Å². The largest absolute Gasteiger partial charge is 0.386 e. The van der Waals surface area contributed by atoms with Gasteiger partial charge in [-0.25, -0.2) is 8.42 Å². The quantitative estimate of drug-likeness (QED) is 0.846. The third-order valence-electron chi connectivity index (χ3n) is 3.31. The Morgan fingerprint density at radius 3 is 2.85 bits per heavy atom. The third-order valence-corrected chi connectivity index (χ3v) is 4.85. The summed E-state index contributed by atoms with van der Waals surface area (Å²) in [4.78, 5) is 0.215. The second kappa shape index (κ2) is 5.99. The first-order chi connectivity index (χ1) is 9.32. The predicted molar refractivity (Wildman–Crippen MR) is 76.7 cm³/mol. The highest BCUT2D eigenvalue weighted by atomic mass is 35.5. The Morgan fingerprint density at radius 2 is 2.25 bits per heavy atom. The summed E-state index contributed by atoms with van der Waals surface area (Å²) in [5, 5.41) is 13.6. The molecule has 0 aliphatic carbocycles. The minimum atomic E-state index is -3.33. The third kappa shape index (κ3) is 3.71. The molecule has 0 spiro atoms. The van der Waals surface area contributed by atoms with Crippen LogP contribution in [-0.4, -0.2) is 45.1 Å². The molecule has 1 unspecified atom stereocenters. The lowest BCUT2D eigenvalue weighted by molar-refractivity contribution is 0.0268. The van der Waals surface area contributed by atoms with Crippen molar-refractivity contribution in [2.24, 2.45) is 0 Å². The summed E-state index contributed by atoms with van der Waals surface area (Å²) in [6.45, 7) is 1.45. The zero-order chi connectivity index (χ0) is 14.8. The molecule has 1 heterocycles. The number of benzene rings is 1. The SMILES string of the molecule is CS(=O)(=O)c1cccc(Cl)c1CNCC1(O)CCOC1. The van der Waals surface area contributed by atoms with Gasteiger partial charge in [-0.3, -0.25) is 0 Å². The average Bonchev–Trinajstić information content (AvgIpc) is 2.77. The lowest BCUT2D eigenvalue weighted by atomic mass is 10.0. The molecule has 0 radical (unpaired) electrons. The van der Waals surface area contributed by atoms with Gasteiger partial charge in [-0.1, -0.05) is 17.7 Å². The monoisotopic (exact) mass is 319 g/mol. The highest BCUT2D eigenvalue weighted by molar-refractivity contribution is 7.90. The summed E-state index contributed by atoms with van der Waals surface area (Å²) >= 11 is 6.07. The van der Waals surface area contributed by atoms with Gasteiger partial charge >= 0.3 is 0 Å². The molecule has 2 rings (SSSR count). The Morgan fingerprint density at radius 1 is 1.50 bits per heavy atom. The molecule has 0 saturated carbocycles. The summed E-state index contributed by atoms with van der Waals surface area (Å²) in [7, 11) is -3.33. The number of sulfone groups is 1. The zero-order valence-electron chi connectivity index (χ0n) is 11.2. The molecular weight excluding hydrogens is 302 g/mol. The highest BCUT2D eigenvalue weighted by Crippen LogP contribution is 2.24. The van der Waals surface area contributed by atoms with E-state index in [9.17, 15) is 13.5 Å². The first-order valence-electron chi connectivity index (χ1n) is 6.30. The Bertz CT molecular complexity index is 582. The number of aliphatic hydroxyl groups is 1. The lowest BCUT2D eigenvalue weighted by Gasteiger charge is -2.21. The number of ether oxygens (including phenoxy) is 1. The lowest BCUT2D eigenvalue weighted by Crippen LogP contribution is -2.40. The second-order valence-corrected chi connectivity index (χ2v) is 7.51. The maximum Gasteiger partial charge on any atom is 0.175 e. The van der Waals surface area contributed by atoms with E-state index >= 15 is 0 Å². The standard InChI is InChI=1S/C13H18ClNO4S/c1-20(17,18)12-4-2-3-11(14)10(12)7-15-8-13(16)5-6-19-9-13/h2-4,15-16H,5-9H2,1H3. The molecule has 1 aromatic carbocycles. The van der Waals surface area contributed by atoms with E-state index < -0.39 is 15.4 Å². The van der Waals surface area contributed by atoms with Crippen LogP contribution in [0.15, 0.2) is 23.1 Å². The van der Waals surface area contributed by atoms with Crippen LogP contribution in [0.2, 0.25) is 5.02 Å². The number of nitrogens with one attached hydrogen (secondary N) is 1. The Hall–Kier alpha value is -0.660. The van der Waals surface area contributed by atoms with E-state index in [0.717, 1.165) is 6.26 Å². The van der Waals surface area contributed by atoms with E-state index in [-0.39, 0.29) is 11.4 Å². The van der Waals surface area contributed by atoms with Crippen LogP contribution in [0.1, 0.15) is 12.0 Å². The number of hydrogen-bond acceptors (Lipinski definition) is 5. The summed E-state index contributed by atoms with van der Waals surface area (Å²) < 4.78 is 28.6. The van der Waals surface area contributed by atoms with Crippen LogP contribution in [-0.2, 0) is 21.1 Å². The molecule has 7 heteroatoms. The molecule has 112 valence electrons. The molecule has 0 amide bonds. The van der Waals surface area contributed by atoms with Crippen molar-refractivity contribution in [3.63, 3.8) is 0 Å². The second-order valence-electron chi connectivity index (χ2n) is 5.12. The van der Waals surface area contributed by atoms with Crippen molar-refractivity contribution >= 4 is 21.4 Å². The molecule has 0 bridgehead atoms. The fraction of sp³-hybridized carbons (Fsp3) is 0.538. The molecule has 2 N–H and O–H groups in total. The molecule has 0 aromatic heterocycles. The van der Waals surface area contributed by atoms with Gasteiger partial charge in [0.2, 0.25) is 0 Å². The van der Waals surface area contributed by atoms with Gasteiger partial charge in [-0.05, 0) is 12.1 Å². The fourth-order valence-corrected chi connectivity index (χ4v) is 3.47. The van der Waals surface area contributed by atoms with Crippen molar-refractivity contribution in [2.75, 3.05) is 26.0 Å². The van der Waals surface area contributed by atoms with Crippen molar-refractivity contribution < 1.29 is 18.3 Å².